The van der Waals surface area contributed by atoms with Crippen LogP contribution in [0.25, 0.3) is 0 Å². The van der Waals surface area contributed by atoms with Gasteiger partial charge < -0.3 is 14.6 Å². The highest BCUT2D eigenvalue weighted by molar-refractivity contribution is 5.93. The van der Waals surface area contributed by atoms with Gasteiger partial charge in [0.15, 0.2) is 0 Å². The molecule has 0 saturated heterocycles. The molecular formula is C15H16N2O4. The molecule has 0 atom stereocenters. The molecule has 0 heterocycles. The van der Waals surface area contributed by atoms with E-state index in [-0.39, 0.29) is 12.2 Å². The van der Waals surface area contributed by atoms with Crippen LogP contribution in [0.5, 0.6) is 0 Å². The monoisotopic (exact) mass is 288 g/mol. The summed E-state index contributed by atoms with van der Waals surface area (Å²) in [6.45, 7) is 2.17. The van der Waals surface area contributed by atoms with Crippen molar-refractivity contribution in [3.8, 4) is 0 Å². The Morgan fingerprint density at radius 2 is 2.33 bits per heavy atom. The topological polar surface area (TPSA) is 83.3 Å². The smallest absolute Gasteiger partial charge is 0.399 e. The first-order valence-corrected chi connectivity index (χ1v) is 6.29. The van der Waals surface area contributed by atoms with E-state index in [1.54, 1.807) is 12.2 Å². The van der Waals surface area contributed by atoms with Crippen molar-refractivity contribution in [3.05, 3.63) is 59.9 Å². The summed E-state index contributed by atoms with van der Waals surface area (Å²) in [5.41, 5.74) is 0.532. The highest BCUT2D eigenvalue weighted by atomic mass is 16.6. The average molecular weight is 288 g/mol. The number of nitrogens with zero attached hydrogens (tertiary/aromatic N) is 2. The lowest BCUT2D eigenvalue weighted by Gasteiger charge is -2.04. The number of rotatable bonds is 7. The van der Waals surface area contributed by atoms with Crippen LogP contribution in [0.3, 0.4) is 0 Å². The predicted octanol–water partition coefficient (Wildman–Crippen LogP) is 1.94. The Morgan fingerprint density at radius 3 is 3.05 bits per heavy atom. The van der Waals surface area contributed by atoms with Crippen molar-refractivity contribution in [1.82, 2.24) is 0 Å². The van der Waals surface area contributed by atoms with E-state index in [9.17, 15) is 9.90 Å². The largest absolute Gasteiger partial charge is 0.615 e. The third-order valence-electron chi connectivity index (χ3n) is 2.34. The molecule has 110 valence electrons. The van der Waals surface area contributed by atoms with Gasteiger partial charge in [0.25, 0.3) is 0 Å². The summed E-state index contributed by atoms with van der Waals surface area (Å²) in [4.78, 5) is 11.9. The Hall–Kier alpha value is -2.72. The summed E-state index contributed by atoms with van der Waals surface area (Å²) >= 11 is 0. The highest BCUT2D eigenvalue weighted by Crippen LogP contribution is 2.16. The van der Waals surface area contributed by atoms with E-state index in [4.69, 9.17) is 4.74 Å². The van der Waals surface area contributed by atoms with Crippen molar-refractivity contribution in [2.75, 3.05) is 13.7 Å². The molecular weight excluding hydrogens is 272 g/mol. The number of allylic oxidation sites excluding steroid dienone is 4. The van der Waals surface area contributed by atoms with Gasteiger partial charge in [0, 0.05) is 6.08 Å². The molecule has 0 aromatic rings. The Kier molecular flexibility index (Phi) is 7.18. The van der Waals surface area contributed by atoms with Gasteiger partial charge in [-0.05, 0) is 20.5 Å². The van der Waals surface area contributed by atoms with Gasteiger partial charge in [-0.25, -0.2) is 4.79 Å². The lowest BCUT2D eigenvalue weighted by Crippen LogP contribution is -2.10. The van der Waals surface area contributed by atoms with Crippen LogP contribution in [0.15, 0.2) is 64.0 Å². The van der Waals surface area contributed by atoms with Gasteiger partial charge in [0.2, 0.25) is 11.3 Å². The number of esters is 1. The molecule has 1 aliphatic rings. The molecule has 1 rings (SSSR count). The van der Waals surface area contributed by atoms with E-state index in [2.05, 4.69) is 21.0 Å². The zero-order valence-corrected chi connectivity index (χ0v) is 11.9. The van der Waals surface area contributed by atoms with Gasteiger partial charge in [-0.1, -0.05) is 12.2 Å². The van der Waals surface area contributed by atoms with Crippen LogP contribution in [-0.2, 0) is 14.3 Å². The fourth-order valence-corrected chi connectivity index (χ4v) is 1.33. The Bertz CT molecular complexity index is 540. The minimum atomic E-state index is -0.628. The van der Waals surface area contributed by atoms with Gasteiger partial charge in [-0.2, -0.15) is 5.11 Å². The maximum absolute atomic E-state index is 11.9. The first kappa shape index (κ1) is 16.3. The number of ether oxygens (including phenoxy) is 2. The minimum Gasteiger partial charge on any atom is -0.615 e. The third kappa shape index (κ3) is 5.84. The average Bonchev–Trinajstić information content (AvgIpc) is 2.51. The number of carbonyl (C=O) groups excluding carboxylic acids is 1. The molecule has 0 N–H and O–H groups in total. The van der Waals surface area contributed by atoms with Crippen LogP contribution in [0, 0.1) is 6.08 Å². The fourth-order valence-electron chi connectivity index (χ4n) is 1.33. The van der Waals surface area contributed by atoms with Crippen molar-refractivity contribution in [1.29, 1.82) is 0 Å². The molecule has 0 bridgehead atoms. The van der Waals surface area contributed by atoms with E-state index in [0.717, 1.165) is 6.20 Å². The van der Waals surface area contributed by atoms with Gasteiger partial charge in [0.05, 0.1) is 24.8 Å². The third-order valence-corrected chi connectivity index (χ3v) is 2.34. The molecule has 0 aromatic heterocycles. The molecule has 21 heavy (non-hydrogen) atoms. The SMILES string of the molecule is C/C=C\CCOC(=O)C1=C(N=N/C=C(\[O-])OC)C=C[C+]=C1. The molecule has 6 heteroatoms. The first-order chi connectivity index (χ1) is 10.2. The van der Waals surface area contributed by atoms with Crippen molar-refractivity contribution >= 4 is 5.97 Å². The molecule has 0 unspecified atom stereocenters. The number of hydrogen-bond acceptors (Lipinski definition) is 6. The zero-order valence-electron chi connectivity index (χ0n) is 11.9. The molecule has 0 fully saturated rings. The second-order valence-electron chi connectivity index (χ2n) is 3.80. The second kappa shape index (κ2) is 9.23. The van der Waals surface area contributed by atoms with Gasteiger partial charge >= 0.3 is 5.97 Å². The van der Waals surface area contributed by atoms with E-state index in [1.165, 1.54) is 13.2 Å². The Morgan fingerprint density at radius 1 is 1.52 bits per heavy atom. The normalized spacial score (nSPS) is 14.9. The lowest BCUT2D eigenvalue weighted by atomic mass is 10.1. The molecule has 0 aliphatic heterocycles. The van der Waals surface area contributed by atoms with Crippen LogP contribution in [-0.4, -0.2) is 19.7 Å². The van der Waals surface area contributed by atoms with Crippen LogP contribution in [0.2, 0.25) is 0 Å². The fraction of sp³-hybridized carbons (Fsp3) is 0.267. The zero-order chi connectivity index (χ0) is 15.5. The van der Waals surface area contributed by atoms with E-state index in [0.29, 0.717) is 12.1 Å². The molecule has 0 spiro atoms. The van der Waals surface area contributed by atoms with Crippen LogP contribution >= 0.6 is 0 Å². The van der Waals surface area contributed by atoms with Gasteiger partial charge in [-0.3, -0.25) is 0 Å². The maximum Gasteiger partial charge on any atom is 0.399 e. The number of methoxy groups -OCH3 is 1. The van der Waals surface area contributed by atoms with Crippen molar-refractivity contribution in [3.63, 3.8) is 0 Å². The van der Waals surface area contributed by atoms with Crippen molar-refractivity contribution < 1.29 is 19.4 Å². The van der Waals surface area contributed by atoms with E-state index >= 15 is 0 Å². The van der Waals surface area contributed by atoms with Crippen LogP contribution < -0.4 is 5.11 Å². The van der Waals surface area contributed by atoms with Crippen LogP contribution in [0.1, 0.15) is 13.3 Å². The summed E-state index contributed by atoms with van der Waals surface area (Å²) in [5, 5.41) is 18.2. The highest BCUT2D eigenvalue weighted by Gasteiger charge is 2.23. The summed E-state index contributed by atoms with van der Waals surface area (Å²) in [5.74, 6) is -1.14. The molecule has 0 aromatic carbocycles. The summed E-state index contributed by atoms with van der Waals surface area (Å²) in [6.07, 6.45) is 12.7. The summed E-state index contributed by atoms with van der Waals surface area (Å²) < 4.78 is 9.50. The predicted molar refractivity (Wildman–Crippen MR) is 74.3 cm³/mol. The Labute approximate surface area is 123 Å². The summed E-state index contributed by atoms with van der Waals surface area (Å²) in [6, 6.07) is 0. The Balaban J connectivity index is 2.76. The molecule has 0 radical (unpaired) electrons. The number of carbonyl (C=O) groups is 1. The van der Waals surface area contributed by atoms with Crippen molar-refractivity contribution in [2.45, 2.75) is 13.3 Å². The molecule has 0 saturated carbocycles. The molecule has 6 nitrogen and oxygen atoms in total. The van der Waals surface area contributed by atoms with Gasteiger partial charge in [-0.15, -0.1) is 5.11 Å². The van der Waals surface area contributed by atoms with Gasteiger partial charge in [0.1, 0.15) is 12.2 Å². The quantitative estimate of drug-likeness (QED) is 0.179. The number of azo groups is 1. The van der Waals surface area contributed by atoms with E-state index in [1.807, 2.05) is 19.1 Å². The van der Waals surface area contributed by atoms with Crippen molar-refractivity contribution in [2.24, 2.45) is 10.2 Å². The van der Waals surface area contributed by atoms with E-state index < -0.39 is 11.9 Å². The van der Waals surface area contributed by atoms with Crippen LogP contribution in [0.4, 0.5) is 0 Å². The lowest BCUT2D eigenvalue weighted by molar-refractivity contribution is -0.353. The molecule has 0 amide bonds. The standard InChI is InChI=1S/C15H16N2O4/c1-3-4-7-10-21-15(19)12-8-5-6-9-13(12)17-16-11-14(18)20-2/h3-4,6,8-9,11H,7,10H2,1-2H3/b4-3-. The maximum atomic E-state index is 11.9. The number of hydrogen-bond donors (Lipinski definition) is 0. The molecule has 1 aliphatic carbocycles. The first-order valence-electron chi connectivity index (χ1n) is 6.29. The minimum absolute atomic E-state index is 0.236. The second-order valence-corrected chi connectivity index (χ2v) is 3.80. The summed E-state index contributed by atoms with van der Waals surface area (Å²) in [7, 11) is 1.24.